The van der Waals surface area contributed by atoms with E-state index in [0.29, 0.717) is 0 Å². The molecule has 0 aliphatic heterocycles. The summed E-state index contributed by atoms with van der Waals surface area (Å²) in [5.41, 5.74) is 6.32. The molecule has 3 aromatic rings. The van der Waals surface area contributed by atoms with E-state index in [1.54, 1.807) is 6.20 Å². The van der Waals surface area contributed by atoms with Crippen LogP contribution >= 0.6 is 0 Å². The number of aromatic amines is 2. The fraction of sp³-hybridized carbons (Fsp3) is 0.167. The zero-order valence-electron chi connectivity index (χ0n) is 9.20. The highest BCUT2D eigenvalue weighted by Gasteiger charge is 2.11. The third-order valence-corrected chi connectivity index (χ3v) is 2.79. The molecule has 0 saturated carbocycles. The molecule has 0 atom stereocenters. The number of H-pyrrole nitrogens is 2. The van der Waals surface area contributed by atoms with E-state index in [0.717, 1.165) is 33.7 Å². The second-order valence-corrected chi connectivity index (χ2v) is 3.93. The second kappa shape index (κ2) is 3.20. The van der Waals surface area contributed by atoms with Gasteiger partial charge in [-0.1, -0.05) is 0 Å². The molecule has 0 bridgehead atoms. The van der Waals surface area contributed by atoms with Gasteiger partial charge in [-0.3, -0.25) is 10.1 Å². The molecule has 0 aliphatic carbocycles. The number of nitrogens with zero attached hydrogens (tertiary/aromatic N) is 2. The summed E-state index contributed by atoms with van der Waals surface area (Å²) in [5.74, 6) is 0. The van der Waals surface area contributed by atoms with Crippen molar-refractivity contribution in [3.63, 3.8) is 0 Å². The Morgan fingerprint density at radius 2 is 2.12 bits per heavy atom. The Balaban J connectivity index is 2.27. The molecule has 80 valence electrons. The lowest BCUT2D eigenvalue weighted by molar-refractivity contribution is 1.02. The van der Waals surface area contributed by atoms with Crippen LogP contribution in [0.1, 0.15) is 11.4 Å². The van der Waals surface area contributed by atoms with Crippen LogP contribution in [-0.2, 0) is 0 Å². The molecular formula is C12H12N4. The van der Waals surface area contributed by atoms with Gasteiger partial charge in [0, 0.05) is 17.5 Å². The molecule has 2 N–H and O–H groups in total. The Kier molecular flexibility index (Phi) is 1.83. The minimum absolute atomic E-state index is 0.984. The van der Waals surface area contributed by atoms with Crippen LogP contribution < -0.4 is 0 Å². The highest BCUT2D eigenvalue weighted by Crippen LogP contribution is 2.26. The lowest BCUT2D eigenvalue weighted by Crippen LogP contribution is -1.81. The number of rotatable bonds is 1. The Morgan fingerprint density at radius 1 is 1.25 bits per heavy atom. The van der Waals surface area contributed by atoms with E-state index in [2.05, 4.69) is 26.2 Å². The summed E-state index contributed by atoms with van der Waals surface area (Å²) in [6.45, 7) is 4.02. The van der Waals surface area contributed by atoms with Crippen molar-refractivity contribution >= 4 is 11.0 Å². The molecule has 3 heterocycles. The second-order valence-electron chi connectivity index (χ2n) is 3.93. The number of nitrogens with one attached hydrogen (secondary N) is 2. The minimum atomic E-state index is 0.984. The van der Waals surface area contributed by atoms with Gasteiger partial charge in [-0.2, -0.15) is 5.10 Å². The summed E-state index contributed by atoms with van der Waals surface area (Å²) in [6, 6.07) is 6.01. The van der Waals surface area contributed by atoms with Crippen LogP contribution in [0.2, 0.25) is 0 Å². The smallest absolute Gasteiger partial charge is 0.0885 e. The first-order valence-corrected chi connectivity index (χ1v) is 5.21. The highest BCUT2D eigenvalue weighted by atomic mass is 15.1. The van der Waals surface area contributed by atoms with Crippen molar-refractivity contribution in [2.45, 2.75) is 13.8 Å². The van der Waals surface area contributed by atoms with E-state index >= 15 is 0 Å². The Hall–Kier alpha value is -2.10. The largest absolute Gasteiger partial charge is 0.353 e. The normalized spacial score (nSPS) is 11.1. The average molecular weight is 212 g/mol. The van der Waals surface area contributed by atoms with E-state index in [4.69, 9.17) is 0 Å². The Bertz CT molecular complexity index is 595. The van der Waals surface area contributed by atoms with Gasteiger partial charge < -0.3 is 4.98 Å². The Labute approximate surface area is 92.7 Å². The molecule has 0 saturated heterocycles. The summed E-state index contributed by atoms with van der Waals surface area (Å²) in [5, 5.41) is 7.19. The van der Waals surface area contributed by atoms with Crippen LogP contribution in [0, 0.1) is 13.8 Å². The van der Waals surface area contributed by atoms with Crippen LogP contribution in [0.3, 0.4) is 0 Å². The maximum Gasteiger partial charge on any atom is 0.0885 e. The molecule has 0 aliphatic rings. The first-order valence-electron chi connectivity index (χ1n) is 5.21. The SMILES string of the molecule is Cc1n[nH]c(C)c1-c1cc2ncccc2[nH]1. The summed E-state index contributed by atoms with van der Waals surface area (Å²) in [6.07, 6.45) is 1.80. The topological polar surface area (TPSA) is 57.4 Å². The van der Waals surface area contributed by atoms with Crippen molar-refractivity contribution in [1.29, 1.82) is 0 Å². The number of pyridine rings is 1. The van der Waals surface area contributed by atoms with Crippen LogP contribution in [0.25, 0.3) is 22.3 Å². The third-order valence-electron chi connectivity index (χ3n) is 2.79. The van der Waals surface area contributed by atoms with Gasteiger partial charge in [-0.05, 0) is 32.0 Å². The average Bonchev–Trinajstić information content (AvgIpc) is 2.82. The molecular weight excluding hydrogens is 200 g/mol. The summed E-state index contributed by atoms with van der Waals surface area (Å²) in [4.78, 5) is 7.67. The number of aryl methyl sites for hydroxylation is 2. The van der Waals surface area contributed by atoms with Crippen LogP contribution in [0.15, 0.2) is 24.4 Å². The molecule has 0 aromatic carbocycles. The first kappa shape index (κ1) is 9.15. The van der Waals surface area contributed by atoms with Gasteiger partial charge in [0.05, 0.1) is 22.4 Å². The monoisotopic (exact) mass is 212 g/mol. The van der Waals surface area contributed by atoms with Crippen LogP contribution in [-0.4, -0.2) is 20.2 Å². The number of fused-ring (bicyclic) bond motifs is 1. The summed E-state index contributed by atoms with van der Waals surface area (Å²) < 4.78 is 0. The molecule has 4 nitrogen and oxygen atoms in total. The summed E-state index contributed by atoms with van der Waals surface area (Å²) in [7, 11) is 0. The minimum Gasteiger partial charge on any atom is -0.353 e. The standard InChI is InChI=1S/C12H12N4/c1-7-12(8(2)16-15-7)11-6-10-9(14-11)4-3-5-13-10/h3-6,14H,1-2H3,(H,15,16). The molecule has 3 rings (SSSR count). The van der Waals surface area contributed by atoms with Crippen molar-refractivity contribution in [3.05, 3.63) is 35.8 Å². The van der Waals surface area contributed by atoms with Crippen LogP contribution in [0.5, 0.6) is 0 Å². The van der Waals surface area contributed by atoms with Gasteiger partial charge in [0.15, 0.2) is 0 Å². The van der Waals surface area contributed by atoms with Crippen molar-refractivity contribution in [2.75, 3.05) is 0 Å². The van der Waals surface area contributed by atoms with Crippen molar-refractivity contribution in [2.24, 2.45) is 0 Å². The first-order chi connectivity index (χ1) is 7.75. The van der Waals surface area contributed by atoms with Gasteiger partial charge >= 0.3 is 0 Å². The zero-order chi connectivity index (χ0) is 11.1. The van der Waals surface area contributed by atoms with Crippen molar-refractivity contribution in [3.8, 4) is 11.3 Å². The molecule has 0 amide bonds. The molecule has 0 unspecified atom stereocenters. The van der Waals surface area contributed by atoms with Crippen molar-refractivity contribution in [1.82, 2.24) is 20.2 Å². The lowest BCUT2D eigenvalue weighted by atomic mass is 10.1. The van der Waals surface area contributed by atoms with Gasteiger partial charge in [-0.25, -0.2) is 0 Å². The van der Waals surface area contributed by atoms with Gasteiger partial charge in [0.1, 0.15) is 0 Å². The highest BCUT2D eigenvalue weighted by molar-refractivity contribution is 5.83. The van der Waals surface area contributed by atoms with Gasteiger partial charge in [0.2, 0.25) is 0 Å². The maximum atomic E-state index is 4.31. The fourth-order valence-electron chi connectivity index (χ4n) is 2.04. The fourth-order valence-corrected chi connectivity index (χ4v) is 2.04. The van der Waals surface area contributed by atoms with E-state index in [1.165, 1.54) is 0 Å². The predicted molar refractivity (Wildman–Crippen MR) is 63.1 cm³/mol. The molecule has 3 aromatic heterocycles. The molecule has 0 spiro atoms. The van der Waals surface area contributed by atoms with Crippen LogP contribution in [0.4, 0.5) is 0 Å². The predicted octanol–water partition coefficient (Wildman–Crippen LogP) is 2.57. The lowest BCUT2D eigenvalue weighted by Gasteiger charge is -1.95. The maximum absolute atomic E-state index is 4.31. The van der Waals surface area contributed by atoms with Gasteiger partial charge in [0.25, 0.3) is 0 Å². The van der Waals surface area contributed by atoms with Crippen molar-refractivity contribution < 1.29 is 0 Å². The summed E-state index contributed by atoms with van der Waals surface area (Å²) >= 11 is 0. The van der Waals surface area contributed by atoms with E-state index in [1.807, 2.05) is 26.0 Å². The quantitative estimate of drug-likeness (QED) is 0.651. The number of aromatic nitrogens is 4. The van der Waals surface area contributed by atoms with E-state index < -0.39 is 0 Å². The molecule has 16 heavy (non-hydrogen) atoms. The molecule has 0 radical (unpaired) electrons. The van der Waals surface area contributed by atoms with E-state index in [-0.39, 0.29) is 0 Å². The van der Waals surface area contributed by atoms with E-state index in [9.17, 15) is 0 Å². The van der Waals surface area contributed by atoms with Gasteiger partial charge in [-0.15, -0.1) is 0 Å². The third kappa shape index (κ3) is 1.23. The number of hydrogen-bond acceptors (Lipinski definition) is 2. The zero-order valence-corrected chi connectivity index (χ0v) is 9.20. The molecule has 4 heteroatoms. The number of hydrogen-bond donors (Lipinski definition) is 2. The molecule has 0 fully saturated rings. The Morgan fingerprint density at radius 3 is 2.81 bits per heavy atom.